The Morgan fingerprint density at radius 2 is 2.09 bits per heavy atom. The number of hydrogen-bond acceptors (Lipinski definition) is 10. The number of ether oxygens (including phenoxy) is 4. The van der Waals surface area contributed by atoms with Crippen LogP contribution in [-0.2, 0) is 25.5 Å². The molecule has 34 heavy (non-hydrogen) atoms. The molecule has 0 spiro atoms. The van der Waals surface area contributed by atoms with Gasteiger partial charge in [0.05, 0.1) is 16.7 Å². The van der Waals surface area contributed by atoms with Crippen LogP contribution >= 0.6 is 27.3 Å². The van der Waals surface area contributed by atoms with E-state index in [0.717, 1.165) is 8.66 Å². The average molecular weight is 553 g/mol. The second kappa shape index (κ2) is 9.38. The number of aromatic nitrogens is 4. The van der Waals surface area contributed by atoms with Gasteiger partial charge in [0, 0.05) is 11.4 Å². The first-order valence-electron chi connectivity index (χ1n) is 10.9. The maximum atomic E-state index is 11.8. The Hall–Kier alpha value is -2.32. The van der Waals surface area contributed by atoms with Gasteiger partial charge in [-0.05, 0) is 48.8 Å². The Morgan fingerprint density at radius 1 is 1.26 bits per heavy atom. The highest BCUT2D eigenvalue weighted by Crippen LogP contribution is 2.44. The Balaban J connectivity index is 1.38. The third kappa shape index (κ3) is 4.62. The molecule has 2 aliphatic rings. The molecule has 2 fully saturated rings. The van der Waals surface area contributed by atoms with Gasteiger partial charge in [-0.25, -0.2) is 19.7 Å². The normalized spacial score (nSPS) is 25.4. The number of nitrogens with one attached hydrogen (secondary N) is 2. The highest BCUT2D eigenvalue weighted by atomic mass is 79.9. The molecule has 0 aliphatic carbocycles. The number of alkyl carbamates (subject to hydrolysis) is 1. The monoisotopic (exact) mass is 552 g/mol. The van der Waals surface area contributed by atoms with Crippen LogP contribution in [0.5, 0.6) is 0 Å². The number of fused-ring (bicyclic) bond motifs is 2. The van der Waals surface area contributed by atoms with Gasteiger partial charge in [0.1, 0.15) is 31.2 Å². The van der Waals surface area contributed by atoms with Crippen LogP contribution < -0.4 is 10.6 Å². The van der Waals surface area contributed by atoms with E-state index in [4.69, 9.17) is 18.9 Å². The van der Waals surface area contributed by atoms with E-state index < -0.39 is 36.4 Å². The lowest BCUT2D eigenvalue weighted by Crippen LogP contribution is -2.35. The van der Waals surface area contributed by atoms with Gasteiger partial charge < -0.3 is 29.6 Å². The maximum Gasteiger partial charge on any atom is 0.407 e. The molecule has 11 nitrogen and oxygen atoms in total. The predicted molar refractivity (Wildman–Crippen MR) is 127 cm³/mol. The number of anilines is 1. The van der Waals surface area contributed by atoms with E-state index in [9.17, 15) is 4.79 Å². The number of thiophene rings is 1. The number of amides is 1. The minimum atomic E-state index is -0.797. The second-order valence-electron chi connectivity index (χ2n) is 8.36. The van der Waals surface area contributed by atoms with E-state index in [1.807, 2.05) is 37.5 Å². The molecule has 4 atom stereocenters. The van der Waals surface area contributed by atoms with E-state index in [2.05, 4.69) is 41.5 Å². The fourth-order valence-corrected chi connectivity index (χ4v) is 5.58. The number of rotatable bonds is 7. The molecule has 5 rings (SSSR count). The molecule has 13 heteroatoms. The predicted octanol–water partition coefficient (Wildman–Crippen LogP) is 3.43. The topological polar surface area (TPSA) is 122 Å². The molecule has 3 aromatic rings. The van der Waals surface area contributed by atoms with Crippen molar-refractivity contribution in [3.8, 4) is 0 Å². The van der Waals surface area contributed by atoms with Crippen LogP contribution in [0.25, 0.3) is 11.2 Å². The minimum absolute atomic E-state index is 0.0354. The lowest BCUT2D eigenvalue weighted by Gasteiger charge is -2.24. The van der Waals surface area contributed by atoms with Gasteiger partial charge in [0.2, 0.25) is 0 Å². The summed E-state index contributed by atoms with van der Waals surface area (Å²) < 4.78 is 26.7. The van der Waals surface area contributed by atoms with Crippen molar-refractivity contribution < 1.29 is 23.7 Å². The SMILES string of the molecule is CCNC(=O)OCC1OC(n2cnc3c(NCc4ccc(Br)s4)ncnc32)C2OC(C)(C)OC12. The number of halogens is 1. The number of nitrogens with zero attached hydrogens (tertiary/aromatic N) is 4. The summed E-state index contributed by atoms with van der Waals surface area (Å²) in [4.78, 5) is 26.3. The molecule has 0 bridgehead atoms. The van der Waals surface area contributed by atoms with Crippen LogP contribution in [0.2, 0.25) is 0 Å². The Morgan fingerprint density at radius 3 is 2.85 bits per heavy atom. The van der Waals surface area contributed by atoms with E-state index in [1.165, 1.54) is 6.33 Å². The summed E-state index contributed by atoms with van der Waals surface area (Å²) in [5, 5.41) is 5.95. The molecule has 2 N–H and O–H groups in total. The number of imidazole rings is 1. The molecule has 0 radical (unpaired) electrons. The average Bonchev–Trinajstić information content (AvgIpc) is 3.54. The molecular formula is C21H25BrN6O5S. The molecule has 4 unspecified atom stereocenters. The summed E-state index contributed by atoms with van der Waals surface area (Å²) in [7, 11) is 0. The molecule has 1 amide bonds. The lowest BCUT2D eigenvalue weighted by molar-refractivity contribution is -0.199. The van der Waals surface area contributed by atoms with E-state index in [1.54, 1.807) is 17.7 Å². The first-order valence-corrected chi connectivity index (χ1v) is 12.5. The van der Waals surface area contributed by atoms with Gasteiger partial charge in [-0.15, -0.1) is 11.3 Å². The summed E-state index contributed by atoms with van der Waals surface area (Å²) >= 11 is 5.14. The van der Waals surface area contributed by atoms with Crippen molar-refractivity contribution in [2.45, 2.75) is 57.6 Å². The minimum Gasteiger partial charge on any atom is -0.447 e. The molecular weight excluding hydrogens is 528 g/mol. The van der Waals surface area contributed by atoms with Crippen molar-refractivity contribution in [2.24, 2.45) is 0 Å². The third-order valence-corrected chi connectivity index (χ3v) is 7.14. The van der Waals surface area contributed by atoms with Crippen LogP contribution in [-0.4, -0.2) is 62.9 Å². The lowest BCUT2D eigenvalue weighted by atomic mass is 10.1. The first-order chi connectivity index (χ1) is 16.3. The second-order valence-corrected chi connectivity index (χ2v) is 10.9. The summed E-state index contributed by atoms with van der Waals surface area (Å²) in [5.74, 6) is -0.170. The van der Waals surface area contributed by atoms with Gasteiger partial charge in [-0.2, -0.15) is 0 Å². The van der Waals surface area contributed by atoms with Crippen molar-refractivity contribution in [1.29, 1.82) is 0 Å². The zero-order valence-electron chi connectivity index (χ0n) is 18.9. The molecule has 5 heterocycles. The van der Waals surface area contributed by atoms with Gasteiger partial charge in [-0.1, -0.05) is 0 Å². The summed E-state index contributed by atoms with van der Waals surface area (Å²) in [6, 6.07) is 4.06. The molecule has 0 saturated carbocycles. The highest BCUT2D eigenvalue weighted by molar-refractivity contribution is 9.11. The molecule has 2 saturated heterocycles. The smallest absolute Gasteiger partial charge is 0.407 e. The fraction of sp³-hybridized carbons (Fsp3) is 0.524. The van der Waals surface area contributed by atoms with E-state index in [0.29, 0.717) is 30.1 Å². The summed E-state index contributed by atoms with van der Waals surface area (Å²) in [5.41, 5.74) is 1.23. The first kappa shape index (κ1) is 23.4. The van der Waals surface area contributed by atoms with Crippen LogP contribution in [0.4, 0.5) is 10.6 Å². The zero-order valence-corrected chi connectivity index (χ0v) is 21.3. The van der Waals surface area contributed by atoms with E-state index >= 15 is 0 Å². The Labute approximate surface area is 208 Å². The van der Waals surface area contributed by atoms with Crippen LogP contribution in [0, 0.1) is 0 Å². The van der Waals surface area contributed by atoms with Crippen molar-refractivity contribution in [1.82, 2.24) is 24.8 Å². The van der Waals surface area contributed by atoms with E-state index in [-0.39, 0.29) is 6.61 Å². The van der Waals surface area contributed by atoms with Gasteiger partial charge >= 0.3 is 6.09 Å². The largest absolute Gasteiger partial charge is 0.447 e. The Kier molecular flexibility index (Phi) is 6.46. The molecule has 2 aliphatic heterocycles. The van der Waals surface area contributed by atoms with Crippen LogP contribution in [0.1, 0.15) is 31.9 Å². The number of carbonyl (C=O) groups is 1. The molecule has 182 valence electrons. The third-order valence-electron chi connectivity index (χ3n) is 5.52. The number of carbonyl (C=O) groups excluding carboxylic acids is 1. The van der Waals surface area contributed by atoms with Crippen LogP contribution in [0.3, 0.4) is 0 Å². The summed E-state index contributed by atoms with van der Waals surface area (Å²) in [6.07, 6.45) is 0.748. The van der Waals surface area contributed by atoms with Crippen LogP contribution in [0.15, 0.2) is 28.6 Å². The highest BCUT2D eigenvalue weighted by Gasteiger charge is 2.56. The van der Waals surface area contributed by atoms with Gasteiger partial charge in [-0.3, -0.25) is 4.57 Å². The van der Waals surface area contributed by atoms with Crippen molar-refractivity contribution >= 4 is 50.3 Å². The Bertz CT molecular complexity index is 1190. The van der Waals surface area contributed by atoms with Crippen molar-refractivity contribution in [2.75, 3.05) is 18.5 Å². The fourth-order valence-electron chi connectivity index (χ4n) is 4.16. The van der Waals surface area contributed by atoms with Gasteiger partial charge in [0.25, 0.3) is 0 Å². The molecule has 3 aromatic heterocycles. The quantitative estimate of drug-likeness (QED) is 0.453. The number of hydrogen-bond donors (Lipinski definition) is 2. The zero-order chi connectivity index (χ0) is 23.9. The summed E-state index contributed by atoms with van der Waals surface area (Å²) in [6.45, 7) is 6.65. The van der Waals surface area contributed by atoms with Crippen molar-refractivity contribution in [3.63, 3.8) is 0 Å². The van der Waals surface area contributed by atoms with Crippen molar-refractivity contribution in [3.05, 3.63) is 33.5 Å². The maximum absolute atomic E-state index is 11.8. The molecule has 0 aromatic carbocycles. The standard InChI is InChI=1S/C21H25BrN6O5S/c1-4-23-20(29)30-8-12-15-16(33-21(2,3)32-15)19(31-12)28-10-27-14-17(25-9-26-18(14)28)24-7-11-5-6-13(22)34-11/h5-6,9-10,12,15-16,19H,4,7-8H2,1-3H3,(H,23,29)(H,24,25,26). The van der Waals surface area contributed by atoms with Gasteiger partial charge in [0.15, 0.2) is 29.0 Å².